The molecule has 0 bridgehead atoms. The number of hydrogen-bond acceptors (Lipinski definition) is 2. The van der Waals surface area contributed by atoms with Crippen molar-refractivity contribution >= 4 is 23.3 Å². The normalized spacial score (nSPS) is 10.2. The summed E-state index contributed by atoms with van der Waals surface area (Å²) in [5, 5.41) is 9.83. The summed E-state index contributed by atoms with van der Waals surface area (Å²) in [4.78, 5) is 11.6. The van der Waals surface area contributed by atoms with E-state index in [4.69, 9.17) is 11.6 Å². The maximum absolute atomic E-state index is 11.6. The Morgan fingerprint density at radius 2 is 2.29 bits per heavy atom. The van der Waals surface area contributed by atoms with Gasteiger partial charge < -0.3 is 5.32 Å². The maximum Gasteiger partial charge on any atom is 0.225 e. The number of rotatable bonds is 4. The SMILES string of the molecule is O=C(CCc1cccc(Cl)c1)Nc1ccn[nH]1. The summed E-state index contributed by atoms with van der Waals surface area (Å²) in [7, 11) is 0. The van der Waals surface area contributed by atoms with Crippen molar-refractivity contribution < 1.29 is 4.79 Å². The number of anilines is 1. The third-order valence-corrected chi connectivity index (χ3v) is 2.54. The van der Waals surface area contributed by atoms with Crippen LogP contribution in [0.2, 0.25) is 5.02 Å². The minimum absolute atomic E-state index is 0.0470. The zero-order valence-corrected chi connectivity index (χ0v) is 9.87. The number of aromatic amines is 1. The van der Waals surface area contributed by atoms with Gasteiger partial charge in [0.2, 0.25) is 5.91 Å². The number of nitrogens with one attached hydrogen (secondary N) is 2. The number of hydrogen-bond donors (Lipinski definition) is 2. The van der Waals surface area contributed by atoms with Crippen LogP contribution in [0.1, 0.15) is 12.0 Å². The van der Waals surface area contributed by atoms with E-state index >= 15 is 0 Å². The highest BCUT2D eigenvalue weighted by Crippen LogP contribution is 2.12. The Labute approximate surface area is 104 Å². The largest absolute Gasteiger partial charge is 0.311 e. The van der Waals surface area contributed by atoms with Gasteiger partial charge in [-0.3, -0.25) is 9.89 Å². The second kappa shape index (κ2) is 5.50. The van der Waals surface area contributed by atoms with Gasteiger partial charge in [0.15, 0.2) is 0 Å². The molecule has 4 nitrogen and oxygen atoms in total. The van der Waals surface area contributed by atoms with Crippen LogP contribution in [0.3, 0.4) is 0 Å². The monoisotopic (exact) mass is 249 g/mol. The van der Waals surface area contributed by atoms with E-state index in [1.54, 1.807) is 12.3 Å². The van der Waals surface area contributed by atoms with Crippen molar-refractivity contribution in [2.45, 2.75) is 12.8 Å². The molecule has 0 aliphatic carbocycles. The molecule has 0 radical (unpaired) electrons. The van der Waals surface area contributed by atoms with Crippen molar-refractivity contribution in [2.75, 3.05) is 5.32 Å². The van der Waals surface area contributed by atoms with E-state index in [2.05, 4.69) is 15.5 Å². The maximum atomic E-state index is 11.6. The number of carbonyl (C=O) groups excluding carboxylic acids is 1. The zero-order chi connectivity index (χ0) is 12.1. The molecule has 1 aromatic heterocycles. The van der Waals surface area contributed by atoms with Crippen LogP contribution in [0.5, 0.6) is 0 Å². The fraction of sp³-hybridized carbons (Fsp3) is 0.167. The Kier molecular flexibility index (Phi) is 3.77. The number of halogens is 1. The van der Waals surface area contributed by atoms with Crippen molar-refractivity contribution in [2.24, 2.45) is 0 Å². The zero-order valence-electron chi connectivity index (χ0n) is 9.11. The van der Waals surface area contributed by atoms with Gasteiger partial charge in [-0.2, -0.15) is 5.10 Å². The first-order valence-electron chi connectivity index (χ1n) is 5.28. The van der Waals surface area contributed by atoms with E-state index in [1.165, 1.54) is 0 Å². The van der Waals surface area contributed by atoms with Gasteiger partial charge in [0.1, 0.15) is 5.82 Å². The summed E-state index contributed by atoms with van der Waals surface area (Å²) in [6, 6.07) is 9.22. The summed E-state index contributed by atoms with van der Waals surface area (Å²) in [6.45, 7) is 0. The van der Waals surface area contributed by atoms with Crippen LogP contribution in [0, 0.1) is 0 Å². The number of aromatic nitrogens is 2. The third-order valence-electron chi connectivity index (χ3n) is 2.30. The Hall–Kier alpha value is -1.81. The number of aryl methyl sites for hydroxylation is 1. The second-order valence-corrected chi connectivity index (χ2v) is 4.08. The molecule has 0 aliphatic rings. The van der Waals surface area contributed by atoms with Crippen LogP contribution in [-0.2, 0) is 11.2 Å². The van der Waals surface area contributed by atoms with Crippen LogP contribution in [0.15, 0.2) is 36.5 Å². The van der Waals surface area contributed by atoms with Crippen LogP contribution < -0.4 is 5.32 Å². The minimum atomic E-state index is -0.0470. The highest BCUT2D eigenvalue weighted by Gasteiger charge is 2.03. The molecule has 88 valence electrons. The van der Waals surface area contributed by atoms with Crippen molar-refractivity contribution in [3.8, 4) is 0 Å². The standard InChI is InChI=1S/C12H12ClN3O/c13-10-3-1-2-9(8-10)4-5-12(17)15-11-6-7-14-16-11/h1-3,6-8H,4-5H2,(H2,14,15,16,17). The predicted octanol–water partition coefficient (Wildman–Crippen LogP) is 2.63. The van der Waals surface area contributed by atoms with Crippen molar-refractivity contribution in [1.29, 1.82) is 0 Å². The van der Waals surface area contributed by atoms with E-state index in [0.717, 1.165) is 5.56 Å². The molecule has 0 atom stereocenters. The molecule has 0 unspecified atom stereocenters. The average Bonchev–Trinajstić information content (AvgIpc) is 2.79. The highest BCUT2D eigenvalue weighted by molar-refractivity contribution is 6.30. The van der Waals surface area contributed by atoms with Gasteiger partial charge in [0, 0.05) is 17.5 Å². The molecular formula is C12H12ClN3O. The summed E-state index contributed by atoms with van der Waals surface area (Å²) in [5.74, 6) is 0.565. The smallest absolute Gasteiger partial charge is 0.225 e. The molecule has 0 saturated carbocycles. The van der Waals surface area contributed by atoms with Crippen molar-refractivity contribution in [3.05, 3.63) is 47.1 Å². The van der Waals surface area contributed by atoms with Gasteiger partial charge in [0.05, 0.1) is 6.20 Å². The molecule has 17 heavy (non-hydrogen) atoms. The Morgan fingerprint density at radius 3 is 3.00 bits per heavy atom. The van der Waals surface area contributed by atoms with E-state index in [-0.39, 0.29) is 5.91 Å². The van der Waals surface area contributed by atoms with E-state index in [0.29, 0.717) is 23.7 Å². The Balaban J connectivity index is 1.84. The van der Waals surface area contributed by atoms with E-state index in [1.807, 2.05) is 24.3 Å². The summed E-state index contributed by atoms with van der Waals surface area (Å²) < 4.78 is 0. The molecule has 1 aromatic carbocycles. The molecule has 2 aromatic rings. The molecular weight excluding hydrogens is 238 g/mol. The molecule has 0 fully saturated rings. The van der Waals surface area contributed by atoms with Gasteiger partial charge in [0.25, 0.3) is 0 Å². The highest BCUT2D eigenvalue weighted by atomic mass is 35.5. The molecule has 1 amide bonds. The number of benzene rings is 1. The number of H-pyrrole nitrogens is 1. The molecule has 2 N–H and O–H groups in total. The lowest BCUT2D eigenvalue weighted by molar-refractivity contribution is -0.116. The number of amides is 1. The molecule has 0 aliphatic heterocycles. The van der Waals surface area contributed by atoms with Crippen LogP contribution in [0.25, 0.3) is 0 Å². The first-order valence-corrected chi connectivity index (χ1v) is 5.65. The molecule has 5 heteroatoms. The molecule has 2 rings (SSSR count). The quantitative estimate of drug-likeness (QED) is 0.875. The summed E-state index contributed by atoms with van der Waals surface area (Å²) in [6.07, 6.45) is 2.67. The van der Waals surface area contributed by atoms with E-state index in [9.17, 15) is 4.79 Å². The van der Waals surface area contributed by atoms with Gasteiger partial charge in [-0.1, -0.05) is 23.7 Å². The minimum Gasteiger partial charge on any atom is -0.311 e. The van der Waals surface area contributed by atoms with Crippen LogP contribution >= 0.6 is 11.6 Å². The summed E-state index contributed by atoms with van der Waals surface area (Å²) in [5.41, 5.74) is 1.05. The number of carbonyl (C=O) groups is 1. The first kappa shape index (κ1) is 11.7. The Morgan fingerprint density at radius 1 is 1.41 bits per heavy atom. The molecule has 0 spiro atoms. The van der Waals surface area contributed by atoms with Gasteiger partial charge >= 0.3 is 0 Å². The fourth-order valence-corrected chi connectivity index (χ4v) is 1.70. The van der Waals surface area contributed by atoms with Crippen LogP contribution in [0.4, 0.5) is 5.82 Å². The lowest BCUT2D eigenvalue weighted by atomic mass is 10.1. The Bertz CT molecular complexity index is 496. The van der Waals surface area contributed by atoms with Gasteiger partial charge in [-0.25, -0.2) is 0 Å². The van der Waals surface area contributed by atoms with Crippen LogP contribution in [-0.4, -0.2) is 16.1 Å². The van der Waals surface area contributed by atoms with Crippen molar-refractivity contribution in [1.82, 2.24) is 10.2 Å². The van der Waals surface area contributed by atoms with E-state index < -0.39 is 0 Å². The predicted molar refractivity (Wildman–Crippen MR) is 67.0 cm³/mol. The molecule has 1 heterocycles. The fourth-order valence-electron chi connectivity index (χ4n) is 1.49. The topological polar surface area (TPSA) is 57.8 Å². The molecule has 0 saturated heterocycles. The number of nitrogens with zero attached hydrogens (tertiary/aromatic N) is 1. The first-order chi connectivity index (χ1) is 8.24. The van der Waals surface area contributed by atoms with Gasteiger partial charge in [-0.15, -0.1) is 0 Å². The van der Waals surface area contributed by atoms with Gasteiger partial charge in [-0.05, 0) is 24.1 Å². The lowest BCUT2D eigenvalue weighted by Crippen LogP contribution is -2.12. The summed E-state index contributed by atoms with van der Waals surface area (Å²) >= 11 is 5.86. The third kappa shape index (κ3) is 3.60. The average molecular weight is 250 g/mol. The second-order valence-electron chi connectivity index (χ2n) is 3.65. The lowest BCUT2D eigenvalue weighted by Gasteiger charge is -2.03. The van der Waals surface area contributed by atoms with Crippen molar-refractivity contribution in [3.63, 3.8) is 0 Å².